The molecule has 0 saturated heterocycles. The first kappa shape index (κ1) is 12.9. The molecule has 3 nitrogen and oxygen atoms in total. The molecule has 1 aromatic rings. The zero-order chi connectivity index (χ0) is 12.1. The van der Waals surface area contributed by atoms with E-state index in [0.29, 0.717) is 10.6 Å². The van der Waals surface area contributed by atoms with Crippen LogP contribution in [-0.2, 0) is 4.79 Å². The molecule has 1 rings (SSSR count). The van der Waals surface area contributed by atoms with Crippen molar-refractivity contribution < 1.29 is 9.90 Å². The molecule has 84 valence electrons. The van der Waals surface area contributed by atoms with E-state index < -0.39 is 12.0 Å². The standard InChI is InChI=1S/C11H9Cl2NO2/c1-2-6-14-10(11(15)16)7-4-3-5-8(12)9(7)13/h1,3-5,10,14H,6H2,(H,15,16). The number of carboxylic acids is 1. The van der Waals surface area contributed by atoms with Crippen LogP contribution in [0, 0.1) is 12.3 Å². The molecule has 0 aliphatic heterocycles. The van der Waals surface area contributed by atoms with Gasteiger partial charge < -0.3 is 5.11 Å². The Bertz CT molecular complexity index is 440. The van der Waals surface area contributed by atoms with Gasteiger partial charge in [-0.25, -0.2) is 0 Å². The summed E-state index contributed by atoms with van der Waals surface area (Å²) < 4.78 is 0. The number of rotatable bonds is 4. The summed E-state index contributed by atoms with van der Waals surface area (Å²) in [6.07, 6.45) is 5.06. The Kier molecular flexibility index (Phi) is 4.63. The van der Waals surface area contributed by atoms with Gasteiger partial charge in [0.1, 0.15) is 6.04 Å². The molecular formula is C11H9Cl2NO2. The maximum absolute atomic E-state index is 11.0. The number of aliphatic carboxylic acids is 1. The SMILES string of the molecule is C#CCNC(C(=O)O)c1cccc(Cl)c1Cl. The Hall–Kier alpha value is -1.21. The van der Waals surface area contributed by atoms with Crippen molar-refractivity contribution in [2.24, 2.45) is 0 Å². The topological polar surface area (TPSA) is 49.3 Å². The quantitative estimate of drug-likeness (QED) is 0.815. The Morgan fingerprint density at radius 1 is 1.56 bits per heavy atom. The van der Waals surface area contributed by atoms with Crippen LogP contribution in [0.2, 0.25) is 10.0 Å². The predicted octanol–water partition coefficient (Wildman–Crippen LogP) is 2.34. The van der Waals surface area contributed by atoms with Crippen LogP contribution in [0.3, 0.4) is 0 Å². The van der Waals surface area contributed by atoms with Crippen LogP contribution < -0.4 is 5.32 Å². The van der Waals surface area contributed by atoms with Crippen LogP contribution >= 0.6 is 23.2 Å². The van der Waals surface area contributed by atoms with Crippen LogP contribution in [0.15, 0.2) is 18.2 Å². The summed E-state index contributed by atoms with van der Waals surface area (Å²) in [7, 11) is 0. The lowest BCUT2D eigenvalue weighted by atomic mass is 10.1. The number of carboxylic acid groups (broad SMARTS) is 1. The first-order valence-corrected chi connectivity index (χ1v) is 5.17. The van der Waals surface area contributed by atoms with E-state index >= 15 is 0 Å². The van der Waals surface area contributed by atoms with Crippen LogP contribution in [0.4, 0.5) is 0 Å². The molecule has 0 aromatic heterocycles. The van der Waals surface area contributed by atoms with Gasteiger partial charge in [0, 0.05) is 5.56 Å². The van der Waals surface area contributed by atoms with Crippen molar-refractivity contribution in [1.29, 1.82) is 0 Å². The minimum absolute atomic E-state index is 0.139. The Morgan fingerprint density at radius 3 is 2.81 bits per heavy atom. The summed E-state index contributed by atoms with van der Waals surface area (Å²) in [5.74, 6) is 1.25. The zero-order valence-corrected chi connectivity index (χ0v) is 9.72. The van der Waals surface area contributed by atoms with Crippen LogP contribution in [0.1, 0.15) is 11.6 Å². The lowest BCUT2D eigenvalue weighted by molar-refractivity contribution is -0.139. The van der Waals surface area contributed by atoms with E-state index in [4.69, 9.17) is 34.7 Å². The minimum atomic E-state index is -1.06. The minimum Gasteiger partial charge on any atom is -0.480 e. The van der Waals surface area contributed by atoms with E-state index in [0.717, 1.165) is 0 Å². The normalized spacial score (nSPS) is 11.8. The lowest BCUT2D eigenvalue weighted by Crippen LogP contribution is -2.29. The Morgan fingerprint density at radius 2 is 2.25 bits per heavy atom. The summed E-state index contributed by atoms with van der Waals surface area (Å²) in [4.78, 5) is 11.0. The molecule has 0 aliphatic rings. The fourth-order valence-electron chi connectivity index (χ4n) is 1.23. The Labute approximate surface area is 103 Å². The molecule has 1 unspecified atom stereocenters. The number of carbonyl (C=O) groups is 1. The van der Waals surface area contributed by atoms with Gasteiger partial charge in [-0.2, -0.15) is 0 Å². The van der Waals surface area contributed by atoms with E-state index in [1.54, 1.807) is 18.2 Å². The summed E-state index contributed by atoms with van der Waals surface area (Å²) in [5.41, 5.74) is 0.400. The molecule has 0 radical (unpaired) electrons. The van der Waals surface area contributed by atoms with Gasteiger partial charge in [0.2, 0.25) is 0 Å². The maximum atomic E-state index is 11.0. The molecule has 1 aromatic carbocycles. The van der Waals surface area contributed by atoms with Gasteiger partial charge in [-0.05, 0) is 6.07 Å². The van der Waals surface area contributed by atoms with E-state index in [9.17, 15) is 4.79 Å². The molecule has 0 bridgehead atoms. The van der Waals surface area contributed by atoms with Crippen LogP contribution in [-0.4, -0.2) is 17.6 Å². The fraction of sp³-hybridized carbons (Fsp3) is 0.182. The van der Waals surface area contributed by atoms with Gasteiger partial charge in [-0.1, -0.05) is 41.3 Å². The average Bonchev–Trinajstić information content (AvgIpc) is 2.24. The van der Waals surface area contributed by atoms with Gasteiger partial charge in [-0.3, -0.25) is 10.1 Å². The molecule has 0 fully saturated rings. The molecule has 1 atom stereocenters. The van der Waals surface area contributed by atoms with Crippen molar-refractivity contribution in [3.8, 4) is 12.3 Å². The van der Waals surface area contributed by atoms with E-state index in [1.807, 2.05) is 0 Å². The second kappa shape index (κ2) is 5.76. The van der Waals surface area contributed by atoms with E-state index in [1.165, 1.54) is 0 Å². The van der Waals surface area contributed by atoms with Gasteiger partial charge in [0.25, 0.3) is 0 Å². The fourth-order valence-corrected chi connectivity index (χ4v) is 1.65. The third-order valence-corrected chi connectivity index (χ3v) is 2.78. The highest BCUT2D eigenvalue weighted by atomic mass is 35.5. The number of nitrogens with one attached hydrogen (secondary N) is 1. The summed E-state index contributed by atoms with van der Waals surface area (Å²) in [6, 6.07) is 3.86. The molecule has 16 heavy (non-hydrogen) atoms. The molecule has 0 spiro atoms. The predicted molar refractivity (Wildman–Crippen MR) is 63.7 cm³/mol. The second-order valence-corrected chi connectivity index (χ2v) is 3.78. The highest BCUT2D eigenvalue weighted by Gasteiger charge is 2.22. The van der Waals surface area contributed by atoms with E-state index in [-0.39, 0.29) is 11.6 Å². The third-order valence-electron chi connectivity index (χ3n) is 1.95. The number of halogens is 2. The van der Waals surface area contributed by atoms with Crippen molar-refractivity contribution in [3.05, 3.63) is 33.8 Å². The van der Waals surface area contributed by atoms with Gasteiger partial charge in [0.15, 0.2) is 0 Å². The van der Waals surface area contributed by atoms with Crippen molar-refractivity contribution in [1.82, 2.24) is 5.32 Å². The van der Waals surface area contributed by atoms with Gasteiger partial charge in [0.05, 0.1) is 16.6 Å². The molecule has 5 heteroatoms. The molecule has 0 heterocycles. The molecule has 0 saturated carbocycles. The van der Waals surface area contributed by atoms with Crippen molar-refractivity contribution >= 4 is 29.2 Å². The first-order valence-electron chi connectivity index (χ1n) is 4.41. The molecule has 2 N–H and O–H groups in total. The maximum Gasteiger partial charge on any atom is 0.325 e. The van der Waals surface area contributed by atoms with Gasteiger partial charge in [-0.15, -0.1) is 6.42 Å². The second-order valence-electron chi connectivity index (χ2n) is 3.00. The lowest BCUT2D eigenvalue weighted by Gasteiger charge is -2.15. The van der Waals surface area contributed by atoms with E-state index in [2.05, 4.69) is 11.2 Å². The number of terminal acetylenes is 1. The highest BCUT2D eigenvalue weighted by Crippen LogP contribution is 2.29. The summed E-state index contributed by atoms with van der Waals surface area (Å²) in [6.45, 7) is 0.139. The Balaban J connectivity index is 3.07. The van der Waals surface area contributed by atoms with Crippen LogP contribution in [0.5, 0.6) is 0 Å². The zero-order valence-electron chi connectivity index (χ0n) is 8.21. The number of hydrogen-bond acceptors (Lipinski definition) is 2. The number of hydrogen-bond donors (Lipinski definition) is 2. The van der Waals surface area contributed by atoms with Crippen molar-refractivity contribution in [3.63, 3.8) is 0 Å². The molecule has 0 amide bonds. The molecular weight excluding hydrogens is 249 g/mol. The highest BCUT2D eigenvalue weighted by molar-refractivity contribution is 6.42. The summed E-state index contributed by atoms with van der Waals surface area (Å²) in [5, 5.41) is 12.2. The molecule has 0 aliphatic carbocycles. The average molecular weight is 258 g/mol. The number of benzene rings is 1. The third kappa shape index (κ3) is 2.89. The summed E-state index contributed by atoms with van der Waals surface area (Å²) >= 11 is 11.7. The van der Waals surface area contributed by atoms with Gasteiger partial charge >= 0.3 is 5.97 Å². The van der Waals surface area contributed by atoms with Crippen LogP contribution in [0.25, 0.3) is 0 Å². The van der Waals surface area contributed by atoms with Crippen molar-refractivity contribution in [2.45, 2.75) is 6.04 Å². The smallest absolute Gasteiger partial charge is 0.325 e. The largest absolute Gasteiger partial charge is 0.480 e. The monoisotopic (exact) mass is 257 g/mol. The first-order chi connectivity index (χ1) is 7.57. The van der Waals surface area contributed by atoms with Crippen molar-refractivity contribution in [2.75, 3.05) is 6.54 Å².